The SMILES string of the molecule is CCCCc1c(C)c(C#N)c2[nH]c3ccccc3[n+]2c1Nc1ccc(Cl)cc1. The van der Waals surface area contributed by atoms with Crippen LogP contribution in [0.1, 0.15) is 36.5 Å². The number of unbranched alkanes of at least 4 members (excludes halogenated alkanes) is 1. The van der Waals surface area contributed by atoms with Gasteiger partial charge in [0.25, 0.3) is 0 Å². The van der Waals surface area contributed by atoms with Crippen LogP contribution < -0.4 is 9.72 Å². The first-order valence-corrected chi connectivity index (χ1v) is 9.92. The van der Waals surface area contributed by atoms with E-state index in [1.54, 1.807) is 0 Å². The number of halogens is 1. The number of aromatic amines is 1. The van der Waals surface area contributed by atoms with E-state index in [9.17, 15) is 5.26 Å². The first-order chi connectivity index (χ1) is 13.6. The van der Waals surface area contributed by atoms with Gasteiger partial charge in [0.2, 0.25) is 11.5 Å². The second-order valence-corrected chi connectivity index (χ2v) is 7.44. The zero-order chi connectivity index (χ0) is 19.7. The van der Waals surface area contributed by atoms with Crippen molar-refractivity contribution in [1.82, 2.24) is 4.98 Å². The Morgan fingerprint density at radius 2 is 1.89 bits per heavy atom. The number of anilines is 2. The van der Waals surface area contributed by atoms with E-state index in [0.29, 0.717) is 10.6 Å². The van der Waals surface area contributed by atoms with Crippen molar-refractivity contribution in [1.29, 1.82) is 5.26 Å². The van der Waals surface area contributed by atoms with Crippen LogP contribution in [0.5, 0.6) is 0 Å². The van der Waals surface area contributed by atoms with Crippen LogP contribution in [0.3, 0.4) is 0 Å². The molecule has 0 saturated carbocycles. The molecule has 0 aliphatic rings. The van der Waals surface area contributed by atoms with Crippen LogP contribution in [-0.4, -0.2) is 4.98 Å². The number of nitriles is 1. The standard InChI is InChI=1S/C23H21ClN4/c1-3-4-7-18-15(2)19(14-25)23-27-20-8-5-6-9-21(20)28(23)22(18)26-17-12-10-16(24)11-13-17/h5-6,8-13H,3-4,7H2,1-2H3,(H,26,27)/p+1. The van der Waals surface area contributed by atoms with Gasteiger partial charge in [-0.15, -0.1) is 0 Å². The lowest BCUT2D eigenvalue weighted by atomic mass is 9.99. The third-order valence-corrected chi connectivity index (χ3v) is 5.45. The molecule has 0 aliphatic heterocycles. The highest BCUT2D eigenvalue weighted by Crippen LogP contribution is 2.29. The van der Waals surface area contributed by atoms with Crippen molar-refractivity contribution < 1.29 is 4.40 Å². The molecule has 0 aliphatic carbocycles. The molecular weight excluding hydrogens is 368 g/mol. The van der Waals surface area contributed by atoms with Gasteiger partial charge < -0.3 is 0 Å². The number of benzene rings is 2. The molecule has 0 unspecified atom stereocenters. The number of hydrogen-bond acceptors (Lipinski definition) is 2. The smallest absolute Gasteiger partial charge is 0.250 e. The van der Waals surface area contributed by atoms with Gasteiger partial charge in [0.1, 0.15) is 22.7 Å². The Morgan fingerprint density at radius 3 is 2.61 bits per heavy atom. The van der Waals surface area contributed by atoms with E-state index in [2.05, 4.69) is 33.8 Å². The minimum atomic E-state index is 0.698. The van der Waals surface area contributed by atoms with Gasteiger partial charge in [-0.05, 0) is 61.7 Å². The Bertz CT molecular complexity index is 1200. The lowest BCUT2D eigenvalue weighted by Gasteiger charge is -2.14. The van der Waals surface area contributed by atoms with Crippen molar-refractivity contribution in [2.45, 2.75) is 33.1 Å². The summed E-state index contributed by atoms with van der Waals surface area (Å²) in [5, 5.41) is 14.2. The van der Waals surface area contributed by atoms with Gasteiger partial charge in [-0.3, -0.25) is 10.3 Å². The summed E-state index contributed by atoms with van der Waals surface area (Å²) in [6, 6.07) is 18.3. The number of para-hydroxylation sites is 2. The van der Waals surface area contributed by atoms with Crippen molar-refractivity contribution in [2.24, 2.45) is 0 Å². The summed E-state index contributed by atoms with van der Waals surface area (Å²) in [5.41, 5.74) is 6.73. The summed E-state index contributed by atoms with van der Waals surface area (Å²) < 4.78 is 2.14. The third-order valence-electron chi connectivity index (χ3n) is 5.19. The van der Waals surface area contributed by atoms with Crippen LogP contribution in [0.2, 0.25) is 5.02 Å². The highest BCUT2D eigenvalue weighted by atomic mass is 35.5. The van der Waals surface area contributed by atoms with Crippen LogP contribution in [0, 0.1) is 18.3 Å². The lowest BCUT2D eigenvalue weighted by Crippen LogP contribution is -2.28. The van der Waals surface area contributed by atoms with E-state index in [4.69, 9.17) is 11.6 Å². The molecular formula is C23H22ClN4+. The number of rotatable bonds is 5. The van der Waals surface area contributed by atoms with Gasteiger partial charge in [-0.2, -0.15) is 9.66 Å². The Balaban J connectivity index is 2.05. The molecule has 0 saturated heterocycles. The summed E-state index contributed by atoms with van der Waals surface area (Å²) in [7, 11) is 0. The van der Waals surface area contributed by atoms with Crippen LogP contribution in [0.4, 0.5) is 11.5 Å². The fraction of sp³-hybridized carbons (Fsp3) is 0.217. The molecule has 5 heteroatoms. The van der Waals surface area contributed by atoms with E-state index >= 15 is 0 Å². The van der Waals surface area contributed by atoms with E-state index in [1.807, 2.05) is 49.4 Å². The van der Waals surface area contributed by atoms with E-state index in [1.165, 1.54) is 5.56 Å². The van der Waals surface area contributed by atoms with E-state index in [0.717, 1.165) is 53.0 Å². The largest absolute Gasteiger partial charge is 0.273 e. The van der Waals surface area contributed by atoms with Gasteiger partial charge in [-0.1, -0.05) is 37.1 Å². The molecule has 0 fully saturated rings. The molecule has 2 heterocycles. The number of H-pyrrole nitrogens is 1. The van der Waals surface area contributed by atoms with Gasteiger partial charge in [0.05, 0.1) is 5.69 Å². The zero-order valence-electron chi connectivity index (χ0n) is 16.0. The van der Waals surface area contributed by atoms with Crippen molar-refractivity contribution in [3.63, 3.8) is 0 Å². The number of aromatic nitrogens is 2. The number of hydrogen-bond donors (Lipinski definition) is 2. The van der Waals surface area contributed by atoms with Gasteiger partial charge in [0.15, 0.2) is 0 Å². The molecule has 2 aromatic carbocycles. The number of nitrogens with one attached hydrogen (secondary N) is 2. The van der Waals surface area contributed by atoms with Crippen molar-refractivity contribution >= 4 is 39.8 Å². The zero-order valence-corrected chi connectivity index (χ0v) is 16.8. The van der Waals surface area contributed by atoms with Gasteiger partial charge in [0, 0.05) is 10.6 Å². The minimum absolute atomic E-state index is 0.698. The van der Waals surface area contributed by atoms with Gasteiger partial charge in [-0.25, -0.2) is 0 Å². The minimum Gasteiger partial charge on any atom is -0.273 e. The Morgan fingerprint density at radius 1 is 1.14 bits per heavy atom. The maximum Gasteiger partial charge on any atom is 0.250 e. The molecule has 0 atom stereocenters. The summed E-state index contributed by atoms with van der Waals surface area (Å²) in [6.45, 7) is 4.23. The molecule has 0 amide bonds. The van der Waals surface area contributed by atoms with Crippen molar-refractivity contribution in [3.8, 4) is 6.07 Å². The average Bonchev–Trinajstić information content (AvgIpc) is 3.08. The van der Waals surface area contributed by atoms with Crippen LogP contribution >= 0.6 is 11.6 Å². The molecule has 4 rings (SSSR count). The summed E-state index contributed by atoms with van der Waals surface area (Å²) in [5.74, 6) is 1.000. The van der Waals surface area contributed by atoms with Crippen LogP contribution in [0.25, 0.3) is 16.7 Å². The summed E-state index contributed by atoms with van der Waals surface area (Å²) >= 11 is 6.06. The Kier molecular flexibility index (Phi) is 4.93. The fourth-order valence-electron chi connectivity index (χ4n) is 3.72. The molecule has 0 spiro atoms. The number of pyridine rings is 1. The summed E-state index contributed by atoms with van der Waals surface area (Å²) in [6.07, 6.45) is 3.07. The highest BCUT2D eigenvalue weighted by Gasteiger charge is 2.25. The first kappa shape index (κ1) is 18.3. The molecule has 140 valence electrons. The number of fused-ring (bicyclic) bond motifs is 3. The Labute approximate surface area is 169 Å². The van der Waals surface area contributed by atoms with Crippen molar-refractivity contribution in [2.75, 3.05) is 5.32 Å². The van der Waals surface area contributed by atoms with Crippen LogP contribution in [-0.2, 0) is 6.42 Å². The normalized spacial score (nSPS) is 11.1. The molecule has 28 heavy (non-hydrogen) atoms. The number of nitrogens with zero attached hydrogens (tertiary/aromatic N) is 2. The van der Waals surface area contributed by atoms with E-state index < -0.39 is 0 Å². The fourth-order valence-corrected chi connectivity index (χ4v) is 3.85. The average molecular weight is 390 g/mol. The lowest BCUT2D eigenvalue weighted by molar-refractivity contribution is -0.465. The third kappa shape index (κ3) is 3.08. The Hall–Kier alpha value is -3.03. The van der Waals surface area contributed by atoms with Gasteiger partial charge >= 0.3 is 0 Å². The maximum absolute atomic E-state index is 9.88. The monoisotopic (exact) mass is 389 g/mol. The molecule has 0 radical (unpaired) electrons. The van der Waals surface area contributed by atoms with E-state index in [-0.39, 0.29) is 0 Å². The highest BCUT2D eigenvalue weighted by molar-refractivity contribution is 6.30. The second-order valence-electron chi connectivity index (χ2n) is 7.00. The molecule has 4 aromatic rings. The molecule has 0 bridgehead atoms. The van der Waals surface area contributed by atoms with Crippen molar-refractivity contribution in [3.05, 3.63) is 70.2 Å². The second kappa shape index (κ2) is 7.53. The molecule has 2 aromatic heterocycles. The van der Waals surface area contributed by atoms with Crippen LogP contribution in [0.15, 0.2) is 48.5 Å². The molecule has 4 nitrogen and oxygen atoms in total. The maximum atomic E-state index is 9.88. The number of imidazole rings is 1. The summed E-state index contributed by atoms with van der Waals surface area (Å²) in [4.78, 5) is 3.44. The first-order valence-electron chi connectivity index (χ1n) is 9.54. The molecule has 2 N–H and O–H groups in total. The quantitative estimate of drug-likeness (QED) is 0.422. The predicted molar refractivity (Wildman–Crippen MR) is 114 cm³/mol. The predicted octanol–water partition coefficient (Wildman–Crippen LogP) is 5.83. The topological polar surface area (TPSA) is 55.7 Å².